The van der Waals surface area contributed by atoms with Gasteiger partial charge in [0.25, 0.3) is 0 Å². The van der Waals surface area contributed by atoms with E-state index >= 15 is 0 Å². The van der Waals surface area contributed by atoms with E-state index in [1.54, 1.807) is 7.11 Å². The molecular formula is C21H28O3. The Kier molecular flexibility index (Phi) is 3.89. The molecule has 24 heavy (non-hydrogen) atoms. The number of carbonyl (C=O) groups excluding carboxylic acids is 2. The van der Waals surface area contributed by atoms with Crippen molar-refractivity contribution in [2.75, 3.05) is 7.11 Å². The molecule has 0 bridgehead atoms. The molecule has 3 heteroatoms. The van der Waals surface area contributed by atoms with Crippen LogP contribution in [0.3, 0.4) is 0 Å². The minimum atomic E-state index is -0.313. The van der Waals surface area contributed by atoms with E-state index in [0.717, 1.165) is 36.1 Å². The highest BCUT2D eigenvalue weighted by atomic mass is 16.5. The van der Waals surface area contributed by atoms with Crippen molar-refractivity contribution in [1.82, 2.24) is 0 Å². The number of rotatable bonds is 2. The van der Waals surface area contributed by atoms with E-state index in [9.17, 15) is 9.59 Å². The number of ketones is 2. The lowest BCUT2D eigenvalue weighted by Gasteiger charge is -2.52. The van der Waals surface area contributed by atoms with Crippen LogP contribution in [-0.2, 0) is 10.2 Å². The summed E-state index contributed by atoms with van der Waals surface area (Å²) in [5, 5.41) is 0. The Morgan fingerprint density at radius 2 is 1.79 bits per heavy atom. The molecule has 0 aromatic heterocycles. The van der Waals surface area contributed by atoms with Crippen LogP contribution in [0.5, 0.6) is 5.75 Å². The third kappa shape index (κ3) is 2.24. The molecule has 0 heterocycles. The molecule has 2 atom stereocenters. The Balaban J connectivity index is 2.29. The molecule has 1 aromatic rings. The minimum Gasteiger partial charge on any atom is -0.496 e. The molecule has 3 nitrogen and oxygen atoms in total. The highest BCUT2D eigenvalue weighted by molar-refractivity contribution is 6.46. The van der Waals surface area contributed by atoms with Gasteiger partial charge in [0.05, 0.1) is 7.11 Å². The van der Waals surface area contributed by atoms with Gasteiger partial charge in [-0.3, -0.25) is 9.59 Å². The Bertz CT molecular complexity index is 714. The van der Waals surface area contributed by atoms with Gasteiger partial charge in [0.2, 0.25) is 11.6 Å². The molecule has 0 spiro atoms. The van der Waals surface area contributed by atoms with Crippen LogP contribution in [0.25, 0.3) is 0 Å². The second-order valence-corrected chi connectivity index (χ2v) is 8.68. The zero-order chi connectivity index (χ0) is 17.9. The van der Waals surface area contributed by atoms with Gasteiger partial charge in [0.15, 0.2) is 0 Å². The third-order valence-corrected chi connectivity index (χ3v) is 6.27. The number of carbonyl (C=O) groups is 2. The minimum absolute atomic E-state index is 0.151. The molecule has 0 amide bonds. The monoisotopic (exact) mass is 328 g/mol. The molecule has 0 unspecified atom stereocenters. The molecule has 1 fully saturated rings. The van der Waals surface area contributed by atoms with E-state index in [1.807, 2.05) is 12.1 Å². The van der Waals surface area contributed by atoms with E-state index in [-0.39, 0.29) is 34.2 Å². The standard InChI is InChI=1S/C21H28O3/c1-12(2)13-10-14-15(11-16(13)24-6)21(5)9-7-8-20(3,4)19(21)18(23)17(14)22/h10-12,19H,7-9H2,1-6H3/t19-,21-/m0/s1. The first-order chi connectivity index (χ1) is 11.1. The fourth-order valence-electron chi connectivity index (χ4n) is 5.15. The van der Waals surface area contributed by atoms with Crippen molar-refractivity contribution in [3.63, 3.8) is 0 Å². The van der Waals surface area contributed by atoms with Crippen molar-refractivity contribution >= 4 is 11.6 Å². The van der Waals surface area contributed by atoms with Gasteiger partial charge in [0, 0.05) is 16.9 Å². The van der Waals surface area contributed by atoms with Gasteiger partial charge in [-0.1, -0.05) is 41.0 Å². The zero-order valence-corrected chi connectivity index (χ0v) is 15.7. The highest BCUT2D eigenvalue weighted by Crippen LogP contribution is 2.56. The molecule has 0 N–H and O–H groups in total. The maximum Gasteiger partial charge on any atom is 0.229 e. The van der Waals surface area contributed by atoms with Gasteiger partial charge >= 0.3 is 0 Å². The maximum atomic E-state index is 13.0. The van der Waals surface area contributed by atoms with Crippen LogP contribution in [0.1, 0.15) is 81.3 Å². The van der Waals surface area contributed by atoms with Crippen LogP contribution in [-0.4, -0.2) is 18.7 Å². The lowest BCUT2D eigenvalue weighted by molar-refractivity contribution is -0.128. The smallest absolute Gasteiger partial charge is 0.229 e. The summed E-state index contributed by atoms with van der Waals surface area (Å²) in [5.74, 6) is 0.311. The quantitative estimate of drug-likeness (QED) is 0.741. The van der Waals surface area contributed by atoms with Crippen molar-refractivity contribution < 1.29 is 14.3 Å². The van der Waals surface area contributed by atoms with E-state index in [2.05, 4.69) is 34.6 Å². The summed E-state index contributed by atoms with van der Waals surface area (Å²) in [5.41, 5.74) is 2.16. The summed E-state index contributed by atoms with van der Waals surface area (Å²) in [4.78, 5) is 25.9. The van der Waals surface area contributed by atoms with Crippen LogP contribution in [0.4, 0.5) is 0 Å². The fraction of sp³-hybridized carbons (Fsp3) is 0.619. The third-order valence-electron chi connectivity index (χ3n) is 6.27. The van der Waals surface area contributed by atoms with Crippen molar-refractivity contribution in [1.29, 1.82) is 0 Å². The van der Waals surface area contributed by atoms with Gasteiger partial charge < -0.3 is 4.74 Å². The van der Waals surface area contributed by atoms with Gasteiger partial charge in [-0.25, -0.2) is 0 Å². The second kappa shape index (κ2) is 5.44. The van der Waals surface area contributed by atoms with Crippen molar-refractivity contribution in [3.8, 4) is 5.75 Å². The number of hydrogen-bond acceptors (Lipinski definition) is 3. The maximum absolute atomic E-state index is 13.0. The molecule has 130 valence electrons. The van der Waals surface area contributed by atoms with E-state index in [4.69, 9.17) is 4.74 Å². The topological polar surface area (TPSA) is 43.4 Å². The molecule has 1 aromatic carbocycles. The Morgan fingerprint density at radius 1 is 1.12 bits per heavy atom. The molecule has 1 saturated carbocycles. The van der Waals surface area contributed by atoms with Crippen molar-refractivity contribution in [2.45, 2.75) is 65.2 Å². The summed E-state index contributed by atoms with van der Waals surface area (Å²) in [6.07, 6.45) is 3.01. The van der Waals surface area contributed by atoms with Gasteiger partial charge in [-0.2, -0.15) is 0 Å². The Hall–Kier alpha value is -1.64. The second-order valence-electron chi connectivity index (χ2n) is 8.68. The zero-order valence-electron chi connectivity index (χ0n) is 15.7. The number of benzene rings is 1. The Morgan fingerprint density at radius 3 is 2.38 bits per heavy atom. The van der Waals surface area contributed by atoms with Crippen molar-refractivity contribution in [3.05, 3.63) is 28.8 Å². The molecule has 2 aliphatic carbocycles. The van der Waals surface area contributed by atoms with Crippen LogP contribution in [0, 0.1) is 11.3 Å². The lowest BCUT2D eigenvalue weighted by Crippen LogP contribution is -2.54. The van der Waals surface area contributed by atoms with E-state index in [1.165, 1.54) is 0 Å². The SMILES string of the molecule is COc1cc2c(cc1C(C)C)C(=O)C(=O)[C@H]1C(C)(C)CCC[C@@]21C. The first-order valence-electron chi connectivity index (χ1n) is 8.94. The number of Topliss-reactive ketones (excluding diaryl/α,β-unsaturated/α-hetero) is 2. The van der Waals surface area contributed by atoms with Gasteiger partial charge in [-0.15, -0.1) is 0 Å². The molecule has 2 aliphatic rings. The van der Waals surface area contributed by atoms with Gasteiger partial charge in [0.1, 0.15) is 5.75 Å². The van der Waals surface area contributed by atoms with Crippen LogP contribution >= 0.6 is 0 Å². The summed E-state index contributed by atoms with van der Waals surface area (Å²) in [7, 11) is 1.67. The summed E-state index contributed by atoms with van der Waals surface area (Å²) >= 11 is 0. The number of ether oxygens (including phenoxy) is 1. The summed E-state index contributed by atoms with van der Waals surface area (Å²) in [6, 6.07) is 3.94. The predicted octanol–water partition coefficient (Wildman–Crippen LogP) is 4.67. The largest absolute Gasteiger partial charge is 0.496 e. The molecule has 3 rings (SSSR count). The first kappa shape index (κ1) is 17.2. The molecule has 0 aliphatic heterocycles. The van der Waals surface area contributed by atoms with E-state index in [0.29, 0.717) is 5.56 Å². The van der Waals surface area contributed by atoms with Crippen LogP contribution in [0.2, 0.25) is 0 Å². The number of fused-ring (bicyclic) bond motifs is 3. The number of methoxy groups -OCH3 is 1. The predicted molar refractivity (Wildman–Crippen MR) is 94.9 cm³/mol. The first-order valence-corrected chi connectivity index (χ1v) is 8.94. The van der Waals surface area contributed by atoms with Crippen LogP contribution in [0.15, 0.2) is 12.1 Å². The van der Waals surface area contributed by atoms with E-state index < -0.39 is 0 Å². The van der Waals surface area contributed by atoms with Crippen LogP contribution < -0.4 is 4.74 Å². The normalized spacial score (nSPS) is 28.5. The fourth-order valence-corrected chi connectivity index (χ4v) is 5.15. The van der Waals surface area contributed by atoms with Crippen molar-refractivity contribution in [2.24, 2.45) is 11.3 Å². The average Bonchev–Trinajstić information content (AvgIpc) is 2.50. The number of hydrogen-bond donors (Lipinski definition) is 0. The molecule has 0 saturated heterocycles. The highest BCUT2D eigenvalue weighted by Gasteiger charge is 2.56. The molecule has 0 radical (unpaired) electrons. The Labute approximate surface area is 144 Å². The summed E-state index contributed by atoms with van der Waals surface area (Å²) in [6.45, 7) is 10.6. The molecular weight excluding hydrogens is 300 g/mol. The van der Waals surface area contributed by atoms with Gasteiger partial charge in [-0.05, 0) is 47.4 Å². The lowest BCUT2D eigenvalue weighted by atomic mass is 9.49. The average molecular weight is 328 g/mol. The summed E-state index contributed by atoms with van der Waals surface area (Å²) < 4.78 is 5.62.